The Hall–Kier alpha value is -2.17. The summed E-state index contributed by atoms with van der Waals surface area (Å²) in [6.45, 7) is 2.09. The smallest absolute Gasteiger partial charge is 0.178 e. The average Bonchev–Trinajstić information content (AvgIpc) is 2.91. The van der Waals surface area contributed by atoms with E-state index in [1.54, 1.807) is 6.20 Å². The Balaban J connectivity index is 2.19. The van der Waals surface area contributed by atoms with Crippen LogP contribution in [0.1, 0.15) is 12.6 Å². The van der Waals surface area contributed by atoms with Crippen molar-refractivity contribution < 1.29 is 0 Å². The number of fused-ring (bicyclic) bond motifs is 1. The van der Waals surface area contributed by atoms with E-state index in [1.165, 1.54) is 0 Å². The second kappa shape index (κ2) is 3.69. The minimum absolute atomic E-state index is 0.744. The van der Waals surface area contributed by atoms with Gasteiger partial charge in [-0.2, -0.15) is 5.10 Å². The van der Waals surface area contributed by atoms with E-state index in [9.17, 15) is 0 Å². The minimum atomic E-state index is 0.744. The van der Waals surface area contributed by atoms with Gasteiger partial charge in [0.15, 0.2) is 5.65 Å². The first kappa shape index (κ1) is 10.0. The van der Waals surface area contributed by atoms with Crippen molar-refractivity contribution >= 4 is 11.2 Å². The van der Waals surface area contributed by atoms with Crippen molar-refractivity contribution in [2.45, 2.75) is 13.3 Å². The molecule has 3 heterocycles. The molecule has 0 atom stereocenters. The van der Waals surface area contributed by atoms with Gasteiger partial charge in [0.05, 0.1) is 16.8 Å². The van der Waals surface area contributed by atoms with Crippen LogP contribution in [-0.2, 0) is 13.5 Å². The monoisotopic (exact) mass is 227 g/mol. The molecule has 5 heteroatoms. The van der Waals surface area contributed by atoms with Gasteiger partial charge in [0.25, 0.3) is 0 Å². The fourth-order valence-corrected chi connectivity index (χ4v) is 1.97. The summed E-state index contributed by atoms with van der Waals surface area (Å²) in [5, 5.41) is 4.41. The fraction of sp³-hybridized carbons (Fsp3) is 0.250. The minimum Gasteiger partial charge on any atom is -0.336 e. The van der Waals surface area contributed by atoms with Crippen LogP contribution in [-0.4, -0.2) is 24.7 Å². The SMILES string of the molecule is CCc1nn(C)cc1-c1nc2ncccc2[nH]1. The van der Waals surface area contributed by atoms with E-state index in [2.05, 4.69) is 27.0 Å². The van der Waals surface area contributed by atoms with Gasteiger partial charge in [0.2, 0.25) is 0 Å². The first-order valence-corrected chi connectivity index (χ1v) is 5.61. The number of H-pyrrole nitrogens is 1. The summed E-state index contributed by atoms with van der Waals surface area (Å²) in [5.41, 5.74) is 3.79. The van der Waals surface area contributed by atoms with Crippen LogP contribution < -0.4 is 0 Å². The van der Waals surface area contributed by atoms with Gasteiger partial charge in [0.1, 0.15) is 5.82 Å². The lowest BCUT2D eigenvalue weighted by Crippen LogP contribution is -1.89. The maximum Gasteiger partial charge on any atom is 0.178 e. The van der Waals surface area contributed by atoms with Crippen molar-refractivity contribution in [2.24, 2.45) is 7.05 Å². The number of aromatic nitrogens is 5. The lowest BCUT2D eigenvalue weighted by molar-refractivity contribution is 0.746. The van der Waals surface area contributed by atoms with Crippen molar-refractivity contribution in [3.8, 4) is 11.4 Å². The van der Waals surface area contributed by atoms with Gasteiger partial charge in [-0.25, -0.2) is 9.97 Å². The number of pyridine rings is 1. The molecule has 3 rings (SSSR count). The zero-order chi connectivity index (χ0) is 11.8. The Labute approximate surface area is 98.5 Å². The summed E-state index contributed by atoms with van der Waals surface area (Å²) < 4.78 is 1.81. The van der Waals surface area contributed by atoms with E-state index in [-0.39, 0.29) is 0 Å². The molecule has 0 bridgehead atoms. The summed E-state index contributed by atoms with van der Waals surface area (Å²) in [4.78, 5) is 12.0. The Morgan fingerprint density at radius 2 is 2.29 bits per heavy atom. The molecule has 3 aromatic heterocycles. The molecule has 0 spiro atoms. The van der Waals surface area contributed by atoms with E-state index >= 15 is 0 Å². The molecule has 0 aliphatic heterocycles. The van der Waals surface area contributed by atoms with Gasteiger partial charge in [0, 0.05) is 19.4 Å². The third kappa shape index (κ3) is 1.60. The number of nitrogens with zero attached hydrogens (tertiary/aromatic N) is 4. The third-order valence-electron chi connectivity index (χ3n) is 2.75. The zero-order valence-electron chi connectivity index (χ0n) is 9.81. The van der Waals surface area contributed by atoms with E-state index in [0.717, 1.165) is 34.7 Å². The molecule has 0 radical (unpaired) electrons. The lowest BCUT2D eigenvalue weighted by atomic mass is 10.2. The van der Waals surface area contributed by atoms with E-state index < -0.39 is 0 Å². The van der Waals surface area contributed by atoms with Crippen LogP contribution in [0.5, 0.6) is 0 Å². The Bertz CT molecular complexity index is 631. The van der Waals surface area contributed by atoms with Gasteiger partial charge >= 0.3 is 0 Å². The molecule has 0 fully saturated rings. The van der Waals surface area contributed by atoms with Crippen molar-refractivity contribution in [2.75, 3.05) is 0 Å². The molecule has 5 nitrogen and oxygen atoms in total. The van der Waals surface area contributed by atoms with Gasteiger partial charge in [-0.1, -0.05) is 6.92 Å². The second-order valence-electron chi connectivity index (χ2n) is 3.98. The number of imidazole rings is 1. The first-order valence-electron chi connectivity index (χ1n) is 5.61. The lowest BCUT2D eigenvalue weighted by Gasteiger charge is -1.93. The molecule has 0 saturated heterocycles. The summed E-state index contributed by atoms with van der Waals surface area (Å²) in [5.74, 6) is 0.837. The predicted molar refractivity (Wildman–Crippen MR) is 65.5 cm³/mol. The molecule has 1 N–H and O–H groups in total. The number of hydrogen-bond donors (Lipinski definition) is 1. The van der Waals surface area contributed by atoms with Crippen LogP contribution in [0.4, 0.5) is 0 Å². The number of rotatable bonds is 2. The molecular weight excluding hydrogens is 214 g/mol. The molecule has 86 valence electrons. The summed E-state index contributed by atoms with van der Waals surface area (Å²) in [7, 11) is 1.92. The topological polar surface area (TPSA) is 59.4 Å². The van der Waals surface area contributed by atoms with Crippen molar-refractivity contribution in [3.63, 3.8) is 0 Å². The van der Waals surface area contributed by atoms with Crippen molar-refractivity contribution in [1.82, 2.24) is 24.7 Å². The van der Waals surface area contributed by atoms with Gasteiger partial charge in [-0.05, 0) is 18.6 Å². The van der Waals surface area contributed by atoms with Crippen LogP contribution in [0.2, 0.25) is 0 Å². The highest BCUT2D eigenvalue weighted by molar-refractivity contribution is 5.75. The normalized spacial score (nSPS) is 11.2. The van der Waals surface area contributed by atoms with Gasteiger partial charge in [-0.3, -0.25) is 4.68 Å². The molecule has 0 aliphatic carbocycles. The highest BCUT2D eigenvalue weighted by Crippen LogP contribution is 2.22. The third-order valence-corrected chi connectivity index (χ3v) is 2.75. The Morgan fingerprint density at radius 1 is 1.41 bits per heavy atom. The number of aryl methyl sites for hydroxylation is 2. The number of aromatic amines is 1. The van der Waals surface area contributed by atoms with Gasteiger partial charge < -0.3 is 4.98 Å². The maximum absolute atomic E-state index is 4.48. The second-order valence-corrected chi connectivity index (χ2v) is 3.98. The molecule has 0 amide bonds. The van der Waals surface area contributed by atoms with Crippen LogP contribution in [0.15, 0.2) is 24.5 Å². The molecule has 0 aliphatic rings. The van der Waals surface area contributed by atoms with Crippen LogP contribution >= 0.6 is 0 Å². The maximum atomic E-state index is 4.48. The van der Waals surface area contributed by atoms with Crippen LogP contribution in [0.3, 0.4) is 0 Å². The van der Waals surface area contributed by atoms with E-state index in [4.69, 9.17) is 0 Å². The molecule has 3 aromatic rings. The van der Waals surface area contributed by atoms with Crippen LogP contribution in [0.25, 0.3) is 22.6 Å². The number of nitrogens with one attached hydrogen (secondary N) is 1. The molecule has 0 saturated carbocycles. The quantitative estimate of drug-likeness (QED) is 0.727. The van der Waals surface area contributed by atoms with E-state index in [1.807, 2.05) is 30.1 Å². The standard InChI is InChI=1S/C12H13N5/c1-3-9-8(7-17(2)16-9)11-14-10-5-4-6-13-12(10)15-11/h4-7H,3H2,1-2H3,(H,13,14,15). The zero-order valence-corrected chi connectivity index (χ0v) is 9.81. The van der Waals surface area contributed by atoms with Gasteiger partial charge in [-0.15, -0.1) is 0 Å². The first-order chi connectivity index (χ1) is 8.28. The average molecular weight is 227 g/mol. The molecule has 0 aromatic carbocycles. The summed E-state index contributed by atoms with van der Waals surface area (Å²) >= 11 is 0. The summed E-state index contributed by atoms with van der Waals surface area (Å²) in [6.07, 6.45) is 4.62. The van der Waals surface area contributed by atoms with Crippen molar-refractivity contribution in [1.29, 1.82) is 0 Å². The van der Waals surface area contributed by atoms with Crippen molar-refractivity contribution in [3.05, 3.63) is 30.2 Å². The molecule has 17 heavy (non-hydrogen) atoms. The Morgan fingerprint density at radius 3 is 3.06 bits per heavy atom. The fourth-order valence-electron chi connectivity index (χ4n) is 1.97. The number of hydrogen-bond acceptors (Lipinski definition) is 3. The highest BCUT2D eigenvalue weighted by atomic mass is 15.3. The Kier molecular flexibility index (Phi) is 2.18. The van der Waals surface area contributed by atoms with E-state index in [0.29, 0.717) is 0 Å². The largest absolute Gasteiger partial charge is 0.336 e. The summed E-state index contributed by atoms with van der Waals surface area (Å²) in [6, 6.07) is 3.87. The molecule has 0 unspecified atom stereocenters. The highest BCUT2D eigenvalue weighted by Gasteiger charge is 2.12. The van der Waals surface area contributed by atoms with Crippen LogP contribution in [0, 0.1) is 0 Å². The predicted octanol–water partition coefficient (Wildman–Crippen LogP) is 1.92. The molecular formula is C12H13N5.